The van der Waals surface area contributed by atoms with Crippen LogP contribution >= 0.6 is 11.6 Å². The number of benzene rings is 2. The predicted molar refractivity (Wildman–Crippen MR) is 95.0 cm³/mol. The van der Waals surface area contributed by atoms with Crippen LogP contribution in [-0.2, 0) is 4.79 Å². The van der Waals surface area contributed by atoms with E-state index in [2.05, 4.69) is 10.5 Å². The number of carbonyl (C=O) groups excluding carboxylic acids is 1. The van der Waals surface area contributed by atoms with Crippen LogP contribution in [0.4, 0.5) is 0 Å². The predicted octanol–water partition coefficient (Wildman–Crippen LogP) is 3.58. The summed E-state index contributed by atoms with van der Waals surface area (Å²) >= 11 is 5.87. The fourth-order valence-electron chi connectivity index (χ4n) is 1.95. The normalized spacial score (nSPS) is 10.6. The van der Waals surface area contributed by atoms with Crippen LogP contribution in [0.5, 0.6) is 11.5 Å². The number of halogens is 1. The molecule has 0 aromatic heterocycles. The van der Waals surface area contributed by atoms with Gasteiger partial charge in [-0.05, 0) is 67.4 Å². The summed E-state index contributed by atoms with van der Waals surface area (Å²) in [6, 6.07) is 12.6. The average molecular weight is 347 g/mol. The van der Waals surface area contributed by atoms with Crippen LogP contribution in [0.2, 0.25) is 5.02 Å². The molecule has 126 valence electrons. The summed E-state index contributed by atoms with van der Waals surface area (Å²) in [5.41, 5.74) is 4.14. The Kier molecular flexibility index (Phi) is 6.63. The first-order valence-corrected chi connectivity index (χ1v) is 7.90. The molecule has 0 aliphatic carbocycles. The van der Waals surface area contributed by atoms with Crippen LogP contribution in [-0.4, -0.2) is 25.3 Å². The fraction of sp³-hybridized carbons (Fsp3) is 0.222. The van der Waals surface area contributed by atoms with E-state index in [1.165, 1.54) is 0 Å². The molecule has 6 heteroatoms. The highest BCUT2D eigenvalue weighted by Gasteiger charge is 2.04. The van der Waals surface area contributed by atoms with E-state index in [0.717, 1.165) is 16.9 Å². The van der Waals surface area contributed by atoms with Crippen molar-refractivity contribution < 1.29 is 14.3 Å². The molecule has 5 nitrogen and oxygen atoms in total. The number of nitrogens with zero attached hydrogens (tertiary/aromatic N) is 1. The summed E-state index contributed by atoms with van der Waals surface area (Å²) in [5, 5.41) is 4.53. The number of rotatable bonds is 7. The molecule has 0 atom stereocenters. The molecular formula is C18H19ClN2O3. The summed E-state index contributed by atoms with van der Waals surface area (Å²) in [6.45, 7) is 4.29. The van der Waals surface area contributed by atoms with Crippen molar-refractivity contribution in [3.63, 3.8) is 0 Å². The summed E-state index contributed by atoms with van der Waals surface area (Å²) < 4.78 is 10.8. The van der Waals surface area contributed by atoms with Crippen LogP contribution in [0, 0.1) is 6.92 Å². The topological polar surface area (TPSA) is 59.9 Å². The second-order valence-electron chi connectivity index (χ2n) is 4.99. The lowest BCUT2D eigenvalue weighted by molar-refractivity contribution is -0.123. The minimum atomic E-state index is -0.341. The van der Waals surface area contributed by atoms with Gasteiger partial charge in [-0.3, -0.25) is 4.79 Å². The van der Waals surface area contributed by atoms with Crippen molar-refractivity contribution >= 4 is 23.7 Å². The molecule has 2 rings (SSSR count). The molecule has 0 unspecified atom stereocenters. The Hall–Kier alpha value is -2.53. The number of nitrogens with one attached hydrogen (secondary N) is 1. The van der Waals surface area contributed by atoms with E-state index < -0.39 is 0 Å². The van der Waals surface area contributed by atoms with E-state index in [1.54, 1.807) is 24.4 Å². The standard InChI is InChI=1S/C18H19ClN2O3/c1-3-23-16-7-4-14(5-8-16)11-20-21-18(22)12-24-17-9-6-15(19)10-13(17)2/h4-11H,3,12H2,1-2H3,(H,21,22)/b20-11+. The number of aryl methyl sites for hydroxylation is 1. The maximum atomic E-state index is 11.7. The minimum absolute atomic E-state index is 0.122. The molecule has 2 aromatic rings. The highest BCUT2D eigenvalue weighted by atomic mass is 35.5. The molecule has 0 radical (unpaired) electrons. The van der Waals surface area contributed by atoms with Crippen LogP contribution in [0.15, 0.2) is 47.6 Å². The second-order valence-corrected chi connectivity index (χ2v) is 5.43. The monoisotopic (exact) mass is 346 g/mol. The second kappa shape index (κ2) is 8.93. The molecular weight excluding hydrogens is 328 g/mol. The van der Waals surface area contributed by atoms with Crippen LogP contribution in [0.25, 0.3) is 0 Å². The Bertz CT molecular complexity index is 715. The molecule has 24 heavy (non-hydrogen) atoms. The van der Waals surface area contributed by atoms with Gasteiger partial charge in [-0.15, -0.1) is 0 Å². The first-order chi connectivity index (χ1) is 11.6. The van der Waals surface area contributed by atoms with Gasteiger partial charge < -0.3 is 9.47 Å². The number of hydrazone groups is 1. The molecule has 1 N–H and O–H groups in total. The van der Waals surface area contributed by atoms with Crippen molar-refractivity contribution in [3.8, 4) is 11.5 Å². The zero-order valence-electron chi connectivity index (χ0n) is 13.6. The quantitative estimate of drug-likeness (QED) is 0.615. The van der Waals surface area contributed by atoms with Gasteiger partial charge in [-0.2, -0.15) is 5.10 Å². The molecule has 1 amide bonds. The van der Waals surface area contributed by atoms with Gasteiger partial charge in [0.05, 0.1) is 12.8 Å². The van der Waals surface area contributed by atoms with Gasteiger partial charge in [0.2, 0.25) is 0 Å². The van der Waals surface area contributed by atoms with E-state index in [-0.39, 0.29) is 12.5 Å². The zero-order chi connectivity index (χ0) is 17.4. The van der Waals surface area contributed by atoms with Gasteiger partial charge >= 0.3 is 0 Å². The number of amides is 1. The van der Waals surface area contributed by atoms with Crippen molar-refractivity contribution in [1.82, 2.24) is 5.43 Å². The van der Waals surface area contributed by atoms with Crippen LogP contribution in [0.1, 0.15) is 18.1 Å². The van der Waals surface area contributed by atoms with Crippen molar-refractivity contribution in [3.05, 3.63) is 58.6 Å². The van der Waals surface area contributed by atoms with Crippen molar-refractivity contribution in [2.24, 2.45) is 5.10 Å². The van der Waals surface area contributed by atoms with Gasteiger partial charge in [-0.25, -0.2) is 5.43 Å². The first-order valence-electron chi connectivity index (χ1n) is 7.52. The third-order valence-electron chi connectivity index (χ3n) is 3.09. The van der Waals surface area contributed by atoms with Crippen molar-refractivity contribution in [1.29, 1.82) is 0 Å². The maximum Gasteiger partial charge on any atom is 0.277 e. The summed E-state index contributed by atoms with van der Waals surface area (Å²) in [5.74, 6) is 1.07. The van der Waals surface area contributed by atoms with E-state index in [0.29, 0.717) is 17.4 Å². The minimum Gasteiger partial charge on any atom is -0.494 e. The van der Waals surface area contributed by atoms with Crippen molar-refractivity contribution in [2.45, 2.75) is 13.8 Å². The van der Waals surface area contributed by atoms with E-state index in [1.807, 2.05) is 38.1 Å². The third kappa shape index (κ3) is 5.59. The highest BCUT2D eigenvalue weighted by molar-refractivity contribution is 6.30. The van der Waals surface area contributed by atoms with Crippen LogP contribution in [0.3, 0.4) is 0 Å². The van der Waals surface area contributed by atoms with E-state index in [9.17, 15) is 4.79 Å². The average Bonchev–Trinajstić information content (AvgIpc) is 2.56. The Balaban J connectivity index is 1.80. The first kappa shape index (κ1) is 17.8. The van der Waals surface area contributed by atoms with E-state index in [4.69, 9.17) is 21.1 Å². The van der Waals surface area contributed by atoms with Crippen LogP contribution < -0.4 is 14.9 Å². The molecule has 0 saturated carbocycles. The molecule has 0 saturated heterocycles. The summed E-state index contributed by atoms with van der Waals surface area (Å²) in [6.07, 6.45) is 1.56. The lowest BCUT2D eigenvalue weighted by Gasteiger charge is -2.08. The number of ether oxygens (including phenoxy) is 2. The third-order valence-corrected chi connectivity index (χ3v) is 3.32. The molecule has 0 heterocycles. The number of hydrogen-bond donors (Lipinski definition) is 1. The smallest absolute Gasteiger partial charge is 0.277 e. The fourth-order valence-corrected chi connectivity index (χ4v) is 2.17. The number of hydrogen-bond acceptors (Lipinski definition) is 4. The SMILES string of the molecule is CCOc1ccc(/C=N/NC(=O)COc2ccc(Cl)cc2C)cc1. The maximum absolute atomic E-state index is 11.7. The van der Waals surface area contributed by atoms with Gasteiger partial charge in [0.15, 0.2) is 6.61 Å². The van der Waals surface area contributed by atoms with Gasteiger partial charge in [-0.1, -0.05) is 11.6 Å². The molecule has 0 aliphatic rings. The Morgan fingerprint density at radius 3 is 2.62 bits per heavy atom. The molecule has 0 aliphatic heterocycles. The summed E-state index contributed by atoms with van der Waals surface area (Å²) in [4.78, 5) is 11.7. The lowest BCUT2D eigenvalue weighted by Crippen LogP contribution is -2.24. The number of carbonyl (C=O) groups is 1. The molecule has 2 aromatic carbocycles. The highest BCUT2D eigenvalue weighted by Crippen LogP contribution is 2.21. The van der Waals surface area contributed by atoms with Gasteiger partial charge in [0.25, 0.3) is 5.91 Å². The summed E-state index contributed by atoms with van der Waals surface area (Å²) in [7, 11) is 0. The Morgan fingerprint density at radius 1 is 1.21 bits per heavy atom. The molecule has 0 fully saturated rings. The molecule has 0 spiro atoms. The van der Waals surface area contributed by atoms with E-state index >= 15 is 0 Å². The van der Waals surface area contributed by atoms with Gasteiger partial charge in [0, 0.05) is 5.02 Å². The Morgan fingerprint density at radius 2 is 1.96 bits per heavy atom. The zero-order valence-corrected chi connectivity index (χ0v) is 14.3. The van der Waals surface area contributed by atoms with Crippen molar-refractivity contribution in [2.75, 3.05) is 13.2 Å². The lowest BCUT2D eigenvalue weighted by atomic mass is 10.2. The van der Waals surface area contributed by atoms with Gasteiger partial charge in [0.1, 0.15) is 11.5 Å². The Labute approximate surface area is 146 Å². The molecule has 0 bridgehead atoms. The largest absolute Gasteiger partial charge is 0.494 e.